The molecule has 6 unspecified atom stereocenters. The minimum atomic E-state index is -1.71. The van der Waals surface area contributed by atoms with Crippen molar-refractivity contribution in [2.75, 3.05) is 26.4 Å². The van der Waals surface area contributed by atoms with Crippen LogP contribution in [0.2, 0.25) is 18.1 Å². The van der Waals surface area contributed by atoms with E-state index in [0.29, 0.717) is 23.2 Å². The molecule has 2 heterocycles. The summed E-state index contributed by atoms with van der Waals surface area (Å²) in [5, 5.41) is 0. The lowest BCUT2D eigenvalue weighted by Crippen LogP contribution is -2.53. The van der Waals surface area contributed by atoms with Crippen molar-refractivity contribution < 1.29 is 23.4 Å². The van der Waals surface area contributed by atoms with Crippen LogP contribution >= 0.6 is 0 Å². The highest BCUT2D eigenvalue weighted by atomic mass is 33.1. The number of ether oxygens (including phenoxy) is 4. The average Bonchev–Trinajstić information content (AvgIpc) is 3.98. The van der Waals surface area contributed by atoms with Crippen LogP contribution in [0.15, 0.2) is 36.5 Å². The highest BCUT2D eigenvalue weighted by Crippen LogP contribution is 2.66. The molecule has 6 fully saturated rings. The van der Waals surface area contributed by atoms with Gasteiger partial charge in [0.15, 0.2) is 19.9 Å². The summed E-state index contributed by atoms with van der Waals surface area (Å²) >= 11 is 15.6. The van der Waals surface area contributed by atoms with Crippen LogP contribution in [0.5, 0.6) is 0 Å². The molecule has 0 aromatic carbocycles. The zero-order valence-electron chi connectivity index (χ0n) is 34.5. The Kier molecular flexibility index (Phi) is 18.3. The van der Waals surface area contributed by atoms with Gasteiger partial charge in [-0.15, -0.1) is 13.2 Å². The summed E-state index contributed by atoms with van der Waals surface area (Å²) in [4.78, 5) is 0. The molecule has 0 aromatic rings. The molecule has 5 aliphatic carbocycles. The molecule has 54 heavy (non-hydrogen) atoms. The van der Waals surface area contributed by atoms with Gasteiger partial charge in [0, 0.05) is 78.3 Å². The van der Waals surface area contributed by atoms with Gasteiger partial charge in [0.2, 0.25) is 0 Å². The number of rotatable bonds is 10. The first-order valence-corrected chi connectivity index (χ1v) is 27.7. The first-order valence-electron chi connectivity index (χ1n) is 21.2. The normalized spacial score (nSPS) is 35.9. The molecule has 11 heteroatoms. The first kappa shape index (κ1) is 47.0. The molecule has 4 saturated carbocycles. The van der Waals surface area contributed by atoms with Crippen LogP contribution in [-0.2, 0) is 77.0 Å². The third kappa shape index (κ3) is 9.85. The Morgan fingerprint density at radius 3 is 2.02 bits per heavy atom. The van der Waals surface area contributed by atoms with E-state index in [9.17, 15) is 0 Å². The SMILES string of the molecule is C/C1=C/CC23CCCC(C2C2(CC3)OCCO2)[C@@H](C)C1.C=CCC12CCCC([C@H](CC(=C)C)O[Si](CC)(CC)CC)C1C1(CC2)OCCO1.S=S.S=S=S. The van der Waals surface area contributed by atoms with Crippen LogP contribution in [0.1, 0.15) is 131 Å². The predicted octanol–water partition coefficient (Wildman–Crippen LogP) is 11.1. The summed E-state index contributed by atoms with van der Waals surface area (Å²) in [6, 6.07) is 3.58. The summed E-state index contributed by atoms with van der Waals surface area (Å²) in [6.45, 7) is 25.4. The smallest absolute Gasteiger partial charge is 0.192 e. The fraction of sp³-hybridized carbons (Fsp3) is 0.860. The molecule has 0 radical (unpaired) electrons. The third-order valence-electron chi connectivity index (χ3n) is 15.2. The van der Waals surface area contributed by atoms with Crippen LogP contribution in [0, 0.1) is 40.4 Å². The maximum atomic E-state index is 7.21. The molecule has 0 aromatic heterocycles. The van der Waals surface area contributed by atoms with Crippen molar-refractivity contribution in [2.45, 2.75) is 167 Å². The fourth-order valence-electron chi connectivity index (χ4n) is 12.9. The van der Waals surface area contributed by atoms with Crippen LogP contribution in [0.25, 0.3) is 0 Å². The van der Waals surface area contributed by atoms with Crippen molar-refractivity contribution in [1.29, 1.82) is 0 Å². The lowest BCUT2D eigenvalue weighted by atomic mass is 9.56. The van der Waals surface area contributed by atoms with E-state index in [1.54, 1.807) is 5.57 Å². The van der Waals surface area contributed by atoms with Gasteiger partial charge in [-0.1, -0.05) is 63.8 Å². The Labute approximate surface area is 353 Å². The van der Waals surface area contributed by atoms with E-state index in [-0.39, 0.29) is 23.1 Å². The van der Waals surface area contributed by atoms with Gasteiger partial charge in [0.05, 0.1) is 32.5 Å². The quantitative estimate of drug-likeness (QED) is 0.158. The van der Waals surface area contributed by atoms with Gasteiger partial charge in [-0.25, -0.2) is 0 Å². The van der Waals surface area contributed by atoms with E-state index in [1.165, 1.54) is 87.9 Å². The molecule has 308 valence electrons. The van der Waals surface area contributed by atoms with Crippen LogP contribution in [0.3, 0.4) is 0 Å². The number of hydrogen-bond donors (Lipinski definition) is 0. The molecule has 2 bridgehead atoms. The van der Waals surface area contributed by atoms with E-state index in [2.05, 4.69) is 112 Å². The van der Waals surface area contributed by atoms with Crippen molar-refractivity contribution >= 4 is 62.0 Å². The van der Waals surface area contributed by atoms with E-state index >= 15 is 0 Å². The van der Waals surface area contributed by atoms with E-state index in [4.69, 9.17) is 23.4 Å². The van der Waals surface area contributed by atoms with Crippen LogP contribution in [-0.4, -0.2) is 52.4 Å². The summed E-state index contributed by atoms with van der Waals surface area (Å²) in [7, 11) is -0.795. The third-order valence-corrected chi connectivity index (χ3v) is 19.9. The Balaban J connectivity index is 0.000000225. The Bertz CT molecular complexity index is 1300. The van der Waals surface area contributed by atoms with E-state index in [0.717, 1.165) is 72.8 Å². The molecule has 8 atom stereocenters. The van der Waals surface area contributed by atoms with Gasteiger partial charge in [0.25, 0.3) is 0 Å². The second kappa shape index (κ2) is 21.0. The Morgan fingerprint density at radius 1 is 0.907 bits per heavy atom. The van der Waals surface area contributed by atoms with Gasteiger partial charge >= 0.3 is 0 Å². The molecule has 5 nitrogen and oxygen atoms in total. The Hall–Kier alpha value is 0.337. The molecular formula is C43H72O5S5Si. The highest BCUT2D eigenvalue weighted by molar-refractivity contribution is 8.37. The van der Waals surface area contributed by atoms with Gasteiger partial charge in [-0.05, 0) is 125 Å². The van der Waals surface area contributed by atoms with Gasteiger partial charge in [-0.2, -0.15) is 0 Å². The molecule has 7 aliphatic rings. The maximum Gasteiger partial charge on any atom is 0.192 e. The standard InChI is InChI=1S/C25H44O3Si.C18H28O2.S3.S2/c1-7-13-24-14-11-12-21(23(24)25(16-15-24)26-17-18-27-25)22(19-20(5)6)28-29(8-2,9-3)10-4;1-13-5-7-17-6-3-4-15(14(2)12-13)16(17)18(9-8-17)19-10-11-20-18;1-3-2;1-2/h7,21-23H,1,5,8-19H2,2-4,6H3;5,14-16H,3-4,6-12H2,1-2H3;;/b;13-5-;;/t21?,22-,23?,24?;14-,15?,16?,17?;;/m00../s1. The molecule has 2 saturated heterocycles. The van der Waals surface area contributed by atoms with Crippen LogP contribution < -0.4 is 0 Å². The van der Waals surface area contributed by atoms with Gasteiger partial charge in [-0.3, -0.25) is 0 Å². The molecule has 0 N–H and O–H groups in total. The number of allylic oxidation sites excluding steroid dienone is 3. The van der Waals surface area contributed by atoms with E-state index < -0.39 is 8.32 Å². The van der Waals surface area contributed by atoms with Gasteiger partial charge < -0.3 is 23.4 Å². The molecule has 2 spiro atoms. The second-order valence-corrected chi connectivity index (χ2v) is 24.4. The maximum absolute atomic E-state index is 7.21. The van der Waals surface area contributed by atoms with Crippen molar-refractivity contribution in [3.63, 3.8) is 0 Å². The fourth-order valence-corrected chi connectivity index (χ4v) is 15.8. The highest BCUT2D eigenvalue weighted by Gasteiger charge is 2.65. The minimum Gasteiger partial charge on any atom is -0.413 e. The van der Waals surface area contributed by atoms with E-state index in [1.807, 2.05) is 0 Å². The summed E-state index contributed by atoms with van der Waals surface area (Å²) < 4.78 is 32.5. The number of hydrogen-bond acceptors (Lipinski definition) is 9. The monoisotopic (exact) mass is 856 g/mol. The molecular weight excluding hydrogens is 785 g/mol. The average molecular weight is 857 g/mol. The largest absolute Gasteiger partial charge is 0.413 e. The van der Waals surface area contributed by atoms with Crippen molar-refractivity contribution in [2.24, 2.45) is 40.4 Å². The predicted molar refractivity (Wildman–Crippen MR) is 240 cm³/mol. The minimum absolute atomic E-state index is 0.210. The molecule has 2 aliphatic heterocycles. The van der Waals surface area contributed by atoms with Crippen molar-refractivity contribution in [1.82, 2.24) is 0 Å². The zero-order valence-corrected chi connectivity index (χ0v) is 39.5. The van der Waals surface area contributed by atoms with Crippen molar-refractivity contribution in [3.05, 3.63) is 36.5 Å². The molecule has 7 rings (SSSR count). The Morgan fingerprint density at radius 2 is 1.46 bits per heavy atom. The summed E-state index contributed by atoms with van der Waals surface area (Å²) in [5.74, 6) is 2.51. The van der Waals surface area contributed by atoms with Crippen molar-refractivity contribution in [3.8, 4) is 0 Å². The molecule has 0 amide bonds. The second-order valence-electron chi connectivity index (χ2n) is 17.9. The zero-order chi connectivity index (χ0) is 39.6. The lowest BCUT2D eigenvalue weighted by Gasteiger charge is -2.51. The summed E-state index contributed by atoms with van der Waals surface area (Å²) in [6.07, 6.45) is 22.1. The topological polar surface area (TPSA) is 46.2 Å². The van der Waals surface area contributed by atoms with Gasteiger partial charge in [0.1, 0.15) is 0 Å². The first-order chi connectivity index (χ1) is 26.0. The van der Waals surface area contributed by atoms with Crippen LogP contribution in [0.4, 0.5) is 0 Å². The summed E-state index contributed by atoms with van der Waals surface area (Å²) in [5.41, 5.74) is 3.59. The lowest BCUT2D eigenvalue weighted by molar-refractivity contribution is -0.223. The number of fused-ring (bicyclic) bond motifs is 2.